The second-order valence-electron chi connectivity index (χ2n) is 4.88. The summed E-state index contributed by atoms with van der Waals surface area (Å²) in [7, 11) is 1.42. The fourth-order valence-corrected chi connectivity index (χ4v) is 2.17. The number of hydrogen-bond acceptors (Lipinski definition) is 3. The molecule has 6 heteroatoms. The fourth-order valence-electron chi connectivity index (χ4n) is 2.17. The Morgan fingerprint density at radius 2 is 2.00 bits per heavy atom. The molecule has 0 saturated carbocycles. The summed E-state index contributed by atoms with van der Waals surface area (Å²) in [4.78, 5) is 0. The average Bonchev–Trinajstić information content (AvgIpc) is 2.42. The predicted octanol–water partition coefficient (Wildman–Crippen LogP) is 2.77. The first-order chi connectivity index (χ1) is 9.33. The van der Waals surface area contributed by atoms with Crippen LogP contribution in [-0.4, -0.2) is 25.4 Å². The molecule has 2 atom stereocenters. The highest BCUT2D eigenvalue weighted by atomic mass is 19.4. The maximum Gasteiger partial charge on any atom is 0.416 e. The summed E-state index contributed by atoms with van der Waals surface area (Å²) in [5, 5.41) is 9.14. The maximum absolute atomic E-state index is 12.8. The molecule has 0 radical (unpaired) electrons. The largest absolute Gasteiger partial charge is 0.496 e. The Kier molecular flexibility index (Phi) is 5.83. The first-order valence-electron chi connectivity index (χ1n) is 6.39. The Morgan fingerprint density at radius 1 is 1.35 bits per heavy atom. The molecule has 0 amide bonds. The number of benzene rings is 1. The lowest BCUT2D eigenvalue weighted by Crippen LogP contribution is -2.20. The molecular formula is C14H20F3NO2. The molecule has 0 aliphatic rings. The van der Waals surface area contributed by atoms with E-state index in [4.69, 9.17) is 15.6 Å². The van der Waals surface area contributed by atoms with Gasteiger partial charge < -0.3 is 15.6 Å². The van der Waals surface area contributed by atoms with Crippen molar-refractivity contribution in [2.75, 3.05) is 20.3 Å². The van der Waals surface area contributed by atoms with Gasteiger partial charge in [-0.1, -0.05) is 6.92 Å². The number of halogens is 3. The zero-order valence-electron chi connectivity index (χ0n) is 11.6. The molecular weight excluding hydrogens is 271 g/mol. The molecule has 0 aromatic heterocycles. The van der Waals surface area contributed by atoms with Crippen molar-refractivity contribution < 1.29 is 23.0 Å². The monoisotopic (exact) mass is 291 g/mol. The summed E-state index contributed by atoms with van der Waals surface area (Å²) in [6.45, 7) is 2.01. The molecule has 1 aromatic carbocycles. The summed E-state index contributed by atoms with van der Waals surface area (Å²) in [6.07, 6.45) is -3.88. The van der Waals surface area contributed by atoms with Crippen LogP contribution in [0.3, 0.4) is 0 Å². The number of rotatable bonds is 6. The van der Waals surface area contributed by atoms with Crippen LogP contribution in [0.5, 0.6) is 5.75 Å². The van der Waals surface area contributed by atoms with Crippen LogP contribution >= 0.6 is 0 Å². The molecule has 0 fully saturated rings. The first-order valence-corrected chi connectivity index (χ1v) is 6.39. The second kappa shape index (κ2) is 6.95. The molecule has 20 heavy (non-hydrogen) atoms. The molecule has 3 nitrogen and oxygen atoms in total. The van der Waals surface area contributed by atoms with Crippen molar-refractivity contribution in [1.29, 1.82) is 0 Å². The van der Waals surface area contributed by atoms with Crippen LogP contribution in [0.1, 0.15) is 30.4 Å². The third kappa shape index (κ3) is 4.11. The number of methoxy groups -OCH3 is 1. The van der Waals surface area contributed by atoms with Crippen molar-refractivity contribution in [3.63, 3.8) is 0 Å². The lowest BCUT2D eigenvalue weighted by atomic mass is 9.89. The van der Waals surface area contributed by atoms with Crippen molar-refractivity contribution in [3.8, 4) is 5.75 Å². The van der Waals surface area contributed by atoms with Gasteiger partial charge in [-0.3, -0.25) is 0 Å². The minimum atomic E-state index is -4.38. The summed E-state index contributed by atoms with van der Waals surface area (Å²) < 4.78 is 43.4. The van der Waals surface area contributed by atoms with E-state index in [0.717, 1.165) is 12.1 Å². The van der Waals surface area contributed by atoms with E-state index in [-0.39, 0.29) is 18.4 Å². The van der Waals surface area contributed by atoms with Crippen LogP contribution in [0.2, 0.25) is 0 Å². The normalized spacial score (nSPS) is 14.9. The molecule has 0 aliphatic carbocycles. The van der Waals surface area contributed by atoms with Crippen molar-refractivity contribution in [1.82, 2.24) is 0 Å². The Morgan fingerprint density at radius 3 is 2.45 bits per heavy atom. The average molecular weight is 291 g/mol. The van der Waals surface area contributed by atoms with E-state index in [1.807, 2.05) is 0 Å². The van der Waals surface area contributed by atoms with Gasteiger partial charge in [0.2, 0.25) is 0 Å². The van der Waals surface area contributed by atoms with Gasteiger partial charge in [-0.05, 0) is 48.6 Å². The topological polar surface area (TPSA) is 55.5 Å². The van der Waals surface area contributed by atoms with Crippen LogP contribution < -0.4 is 10.5 Å². The van der Waals surface area contributed by atoms with Crippen molar-refractivity contribution >= 4 is 0 Å². The third-order valence-corrected chi connectivity index (χ3v) is 3.37. The Balaban J connectivity index is 3.07. The minimum Gasteiger partial charge on any atom is -0.496 e. The Hall–Kier alpha value is -1.27. The summed E-state index contributed by atoms with van der Waals surface area (Å²) in [6, 6.07) is 3.43. The molecule has 0 spiro atoms. The van der Waals surface area contributed by atoms with Crippen molar-refractivity contribution in [2.45, 2.75) is 25.4 Å². The van der Waals surface area contributed by atoms with E-state index >= 15 is 0 Å². The lowest BCUT2D eigenvalue weighted by Gasteiger charge is -2.21. The van der Waals surface area contributed by atoms with Crippen molar-refractivity contribution in [2.24, 2.45) is 11.7 Å². The molecule has 0 aliphatic heterocycles. The lowest BCUT2D eigenvalue weighted by molar-refractivity contribution is -0.137. The summed E-state index contributed by atoms with van der Waals surface area (Å²) >= 11 is 0. The van der Waals surface area contributed by atoms with Gasteiger partial charge in [0.15, 0.2) is 0 Å². The molecule has 0 bridgehead atoms. The molecule has 0 heterocycles. The quantitative estimate of drug-likeness (QED) is 0.847. The van der Waals surface area contributed by atoms with E-state index in [1.165, 1.54) is 13.2 Å². The smallest absolute Gasteiger partial charge is 0.416 e. The predicted molar refractivity (Wildman–Crippen MR) is 70.7 cm³/mol. The second-order valence-corrected chi connectivity index (χ2v) is 4.88. The molecule has 1 aromatic rings. The first kappa shape index (κ1) is 16.8. The van der Waals surface area contributed by atoms with Crippen LogP contribution in [0.4, 0.5) is 13.2 Å². The van der Waals surface area contributed by atoms with E-state index in [2.05, 4.69) is 0 Å². The zero-order chi connectivity index (χ0) is 15.3. The molecule has 1 rings (SSSR count). The Labute approximate surface area is 116 Å². The van der Waals surface area contributed by atoms with Gasteiger partial charge in [0, 0.05) is 6.61 Å². The van der Waals surface area contributed by atoms with Gasteiger partial charge in [-0.15, -0.1) is 0 Å². The highest BCUT2D eigenvalue weighted by molar-refractivity contribution is 5.40. The van der Waals surface area contributed by atoms with Gasteiger partial charge in [-0.25, -0.2) is 0 Å². The van der Waals surface area contributed by atoms with E-state index < -0.39 is 11.7 Å². The number of hydrogen-bond donors (Lipinski definition) is 2. The van der Waals surface area contributed by atoms with Gasteiger partial charge >= 0.3 is 6.18 Å². The number of nitrogens with two attached hydrogens (primary N) is 1. The highest BCUT2D eigenvalue weighted by Crippen LogP contribution is 2.37. The number of ether oxygens (including phenoxy) is 1. The molecule has 2 unspecified atom stereocenters. The fraction of sp³-hybridized carbons (Fsp3) is 0.571. The number of aliphatic hydroxyl groups is 1. The highest BCUT2D eigenvalue weighted by Gasteiger charge is 2.31. The van der Waals surface area contributed by atoms with E-state index in [1.54, 1.807) is 6.92 Å². The molecule has 0 saturated heterocycles. The van der Waals surface area contributed by atoms with Gasteiger partial charge in [0.25, 0.3) is 0 Å². The molecule has 3 N–H and O–H groups in total. The van der Waals surface area contributed by atoms with Gasteiger partial charge in [0.1, 0.15) is 5.75 Å². The Bertz CT molecular complexity index is 431. The van der Waals surface area contributed by atoms with Crippen LogP contribution in [0, 0.1) is 5.92 Å². The van der Waals surface area contributed by atoms with E-state index in [9.17, 15) is 13.2 Å². The number of aliphatic hydroxyl groups excluding tert-OH is 1. The SMILES string of the molecule is COc1ccc(C(F)(F)F)cc1C(C)CC(CN)CO. The van der Waals surface area contributed by atoms with E-state index in [0.29, 0.717) is 24.3 Å². The number of alkyl halides is 3. The minimum absolute atomic E-state index is 0.0812. The van der Waals surface area contributed by atoms with Crippen molar-refractivity contribution in [3.05, 3.63) is 29.3 Å². The standard InChI is InChI=1S/C14H20F3NO2/c1-9(5-10(7-18)8-19)12-6-11(14(15,16)17)3-4-13(12)20-2/h3-4,6,9-10,19H,5,7-8,18H2,1-2H3. The van der Waals surface area contributed by atoms with Gasteiger partial charge in [0.05, 0.1) is 12.7 Å². The van der Waals surface area contributed by atoms with Gasteiger partial charge in [-0.2, -0.15) is 13.2 Å². The van der Waals surface area contributed by atoms with Crippen LogP contribution in [-0.2, 0) is 6.18 Å². The zero-order valence-corrected chi connectivity index (χ0v) is 11.6. The summed E-state index contributed by atoms with van der Waals surface area (Å²) in [5.74, 6) is 0.0939. The maximum atomic E-state index is 12.8. The van der Waals surface area contributed by atoms with Crippen LogP contribution in [0.15, 0.2) is 18.2 Å². The molecule has 114 valence electrons. The third-order valence-electron chi connectivity index (χ3n) is 3.37. The summed E-state index contributed by atoms with van der Waals surface area (Å²) in [5.41, 5.74) is 5.29. The van der Waals surface area contributed by atoms with Crippen LogP contribution in [0.25, 0.3) is 0 Å².